The average Bonchev–Trinajstić information content (AvgIpc) is 2.62. The fourth-order valence-electron chi connectivity index (χ4n) is 3.13. The van der Waals surface area contributed by atoms with Crippen LogP contribution in [0.3, 0.4) is 0 Å². The molecule has 2 heterocycles. The van der Waals surface area contributed by atoms with E-state index in [1.165, 1.54) is 6.07 Å². The van der Waals surface area contributed by atoms with Crippen LogP contribution in [0.5, 0.6) is 0 Å². The third-order valence-corrected chi connectivity index (χ3v) is 6.20. The van der Waals surface area contributed by atoms with Crippen molar-refractivity contribution in [3.05, 3.63) is 29.0 Å². The molecule has 1 N–H and O–H groups in total. The number of nitrogens with zero attached hydrogens (tertiary/aromatic N) is 1. The van der Waals surface area contributed by atoms with Gasteiger partial charge in [-0.1, -0.05) is 11.6 Å². The highest BCUT2D eigenvalue weighted by atomic mass is 35.5. The third kappa shape index (κ3) is 2.45. The fourth-order valence-corrected chi connectivity index (χ4v) is 5.37. The largest absolute Gasteiger partial charge is 0.315 e. The Bertz CT molecular complexity index is 589. The molecule has 7 heteroatoms. The number of nitrogens with one attached hydrogen (secondary N) is 1. The van der Waals surface area contributed by atoms with E-state index < -0.39 is 15.8 Å². The summed E-state index contributed by atoms with van der Waals surface area (Å²) in [6.45, 7) is 1.47. The van der Waals surface area contributed by atoms with E-state index in [4.69, 9.17) is 11.6 Å². The molecule has 110 valence electrons. The topological polar surface area (TPSA) is 49.4 Å². The molecule has 2 atom stereocenters. The second kappa shape index (κ2) is 5.26. The molecule has 0 saturated carbocycles. The maximum Gasteiger partial charge on any atom is 0.243 e. The molecule has 4 nitrogen and oxygen atoms in total. The molecule has 2 fully saturated rings. The summed E-state index contributed by atoms with van der Waals surface area (Å²) >= 11 is 5.78. The molecule has 20 heavy (non-hydrogen) atoms. The standard InChI is InChI=1S/C13H16ClFN2O2S/c14-9-5-10(15)7-13(6-9)20(18,19)17-11-1-2-12(17)8-16-4-3-11/h5-7,11-12,16H,1-4,8H2. The Balaban J connectivity index is 2.03. The molecule has 1 aromatic rings. The van der Waals surface area contributed by atoms with Crippen molar-refractivity contribution in [1.82, 2.24) is 9.62 Å². The summed E-state index contributed by atoms with van der Waals surface area (Å²) in [5.41, 5.74) is 0. The highest BCUT2D eigenvalue weighted by Gasteiger charge is 2.43. The van der Waals surface area contributed by atoms with E-state index in [9.17, 15) is 12.8 Å². The molecule has 2 aliphatic heterocycles. The van der Waals surface area contributed by atoms with Gasteiger partial charge in [0, 0.05) is 23.7 Å². The van der Waals surface area contributed by atoms with Crippen molar-refractivity contribution in [2.75, 3.05) is 13.1 Å². The molecule has 2 bridgehead atoms. The first-order valence-electron chi connectivity index (χ1n) is 6.69. The van der Waals surface area contributed by atoms with Crippen LogP contribution in [0.25, 0.3) is 0 Å². The van der Waals surface area contributed by atoms with Gasteiger partial charge in [-0.2, -0.15) is 4.31 Å². The van der Waals surface area contributed by atoms with Crippen molar-refractivity contribution >= 4 is 21.6 Å². The van der Waals surface area contributed by atoms with Gasteiger partial charge in [0.1, 0.15) is 5.82 Å². The number of sulfonamides is 1. The van der Waals surface area contributed by atoms with Gasteiger partial charge in [-0.25, -0.2) is 12.8 Å². The smallest absolute Gasteiger partial charge is 0.243 e. The Morgan fingerprint density at radius 2 is 1.95 bits per heavy atom. The molecule has 2 aliphatic rings. The number of fused-ring (bicyclic) bond motifs is 2. The quantitative estimate of drug-likeness (QED) is 0.907. The first-order chi connectivity index (χ1) is 9.48. The number of hydrogen-bond acceptors (Lipinski definition) is 3. The van der Waals surface area contributed by atoms with Gasteiger partial charge in [0.05, 0.1) is 4.90 Å². The lowest BCUT2D eigenvalue weighted by molar-refractivity contribution is 0.334. The lowest BCUT2D eigenvalue weighted by Gasteiger charge is -2.26. The van der Waals surface area contributed by atoms with Crippen molar-refractivity contribution in [3.8, 4) is 0 Å². The second-order valence-electron chi connectivity index (χ2n) is 5.32. The first kappa shape index (κ1) is 14.3. The van der Waals surface area contributed by atoms with Gasteiger partial charge in [-0.05, 0) is 44.0 Å². The maximum atomic E-state index is 13.4. The van der Waals surface area contributed by atoms with Crippen LogP contribution in [0.15, 0.2) is 23.1 Å². The summed E-state index contributed by atoms with van der Waals surface area (Å²) < 4.78 is 40.5. The summed E-state index contributed by atoms with van der Waals surface area (Å²) in [5, 5.41) is 3.35. The van der Waals surface area contributed by atoms with E-state index in [2.05, 4.69) is 5.32 Å². The van der Waals surface area contributed by atoms with Crippen molar-refractivity contribution in [1.29, 1.82) is 0 Å². The molecule has 3 rings (SSSR count). The molecular weight excluding hydrogens is 303 g/mol. The van der Waals surface area contributed by atoms with Crippen molar-refractivity contribution in [2.45, 2.75) is 36.2 Å². The zero-order chi connectivity index (χ0) is 14.3. The molecular formula is C13H16ClFN2O2S. The van der Waals surface area contributed by atoms with Gasteiger partial charge in [0.15, 0.2) is 0 Å². The zero-order valence-electron chi connectivity index (χ0n) is 10.9. The molecule has 0 amide bonds. The van der Waals surface area contributed by atoms with Crippen molar-refractivity contribution in [2.24, 2.45) is 0 Å². The molecule has 1 aromatic carbocycles. The van der Waals surface area contributed by atoms with Crippen molar-refractivity contribution < 1.29 is 12.8 Å². The Labute approximate surface area is 123 Å². The van der Waals surface area contributed by atoms with E-state index >= 15 is 0 Å². The summed E-state index contributed by atoms with van der Waals surface area (Å²) in [6.07, 6.45) is 2.51. The monoisotopic (exact) mass is 318 g/mol. The molecule has 0 spiro atoms. The summed E-state index contributed by atoms with van der Waals surface area (Å²) in [5.74, 6) is -0.628. The van der Waals surface area contributed by atoms with Crippen LogP contribution >= 0.6 is 11.6 Å². The normalized spacial score (nSPS) is 27.5. The lowest BCUT2D eigenvalue weighted by Crippen LogP contribution is -2.42. The Morgan fingerprint density at radius 1 is 1.20 bits per heavy atom. The van der Waals surface area contributed by atoms with E-state index in [-0.39, 0.29) is 22.0 Å². The van der Waals surface area contributed by atoms with E-state index in [1.807, 2.05) is 0 Å². The minimum atomic E-state index is -3.70. The van der Waals surface area contributed by atoms with E-state index in [0.717, 1.165) is 37.9 Å². The summed E-state index contributed by atoms with van der Waals surface area (Å²) in [7, 11) is -3.70. The van der Waals surface area contributed by atoms with Crippen LogP contribution in [0.2, 0.25) is 5.02 Å². The third-order valence-electron chi connectivity index (χ3n) is 4.00. The molecule has 2 saturated heterocycles. The lowest BCUT2D eigenvalue weighted by atomic mass is 10.1. The van der Waals surface area contributed by atoms with Gasteiger partial charge >= 0.3 is 0 Å². The Kier molecular flexibility index (Phi) is 3.75. The fraction of sp³-hybridized carbons (Fsp3) is 0.538. The predicted octanol–water partition coefficient (Wildman–Crippen LogP) is 1.99. The molecule has 2 unspecified atom stereocenters. The Morgan fingerprint density at radius 3 is 2.70 bits per heavy atom. The second-order valence-corrected chi connectivity index (χ2v) is 7.60. The van der Waals surface area contributed by atoms with Crippen LogP contribution in [-0.4, -0.2) is 37.9 Å². The van der Waals surface area contributed by atoms with Gasteiger partial charge in [-0.15, -0.1) is 0 Å². The zero-order valence-corrected chi connectivity index (χ0v) is 12.4. The van der Waals surface area contributed by atoms with Crippen LogP contribution in [0.4, 0.5) is 4.39 Å². The maximum absolute atomic E-state index is 13.4. The van der Waals surface area contributed by atoms with Crippen LogP contribution in [-0.2, 0) is 10.0 Å². The summed E-state index contributed by atoms with van der Waals surface area (Å²) in [6, 6.07) is 3.42. The van der Waals surface area contributed by atoms with E-state index in [0.29, 0.717) is 6.54 Å². The Hall–Kier alpha value is -0.690. The molecule has 0 aliphatic carbocycles. The predicted molar refractivity (Wildman–Crippen MR) is 74.7 cm³/mol. The van der Waals surface area contributed by atoms with Crippen molar-refractivity contribution in [3.63, 3.8) is 0 Å². The average molecular weight is 319 g/mol. The number of rotatable bonds is 2. The number of halogens is 2. The van der Waals surface area contributed by atoms with Gasteiger partial charge in [0.25, 0.3) is 0 Å². The van der Waals surface area contributed by atoms with Gasteiger partial charge in [-0.3, -0.25) is 0 Å². The first-order valence-corrected chi connectivity index (χ1v) is 8.50. The summed E-state index contributed by atoms with van der Waals surface area (Å²) in [4.78, 5) is -0.0544. The number of hydrogen-bond donors (Lipinski definition) is 1. The molecule has 0 radical (unpaired) electrons. The SMILES string of the molecule is O=S(=O)(c1cc(F)cc(Cl)c1)N1C2CCNCC1CC2. The highest BCUT2D eigenvalue weighted by molar-refractivity contribution is 7.89. The van der Waals surface area contributed by atoms with Crippen LogP contribution < -0.4 is 5.32 Å². The van der Waals surface area contributed by atoms with Crippen LogP contribution in [0.1, 0.15) is 19.3 Å². The molecule has 0 aromatic heterocycles. The minimum Gasteiger partial charge on any atom is -0.315 e. The van der Waals surface area contributed by atoms with Gasteiger partial charge < -0.3 is 5.32 Å². The highest BCUT2D eigenvalue weighted by Crippen LogP contribution is 2.34. The van der Waals surface area contributed by atoms with Gasteiger partial charge in [0.2, 0.25) is 10.0 Å². The number of benzene rings is 1. The minimum absolute atomic E-state index is 0.00189. The van der Waals surface area contributed by atoms with Crippen LogP contribution in [0, 0.1) is 5.82 Å². The van der Waals surface area contributed by atoms with E-state index in [1.54, 1.807) is 4.31 Å².